The van der Waals surface area contributed by atoms with E-state index < -0.39 is 35.4 Å². The summed E-state index contributed by atoms with van der Waals surface area (Å²) in [4.78, 5) is 25.6. The van der Waals surface area contributed by atoms with Crippen molar-refractivity contribution in [2.45, 2.75) is 57.2 Å². The molecular formula is C21H28F6N4O2. The molecule has 0 bridgehead atoms. The van der Waals surface area contributed by atoms with Crippen molar-refractivity contribution in [3.05, 3.63) is 34.9 Å². The Kier molecular flexibility index (Phi) is 9.12. The van der Waals surface area contributed by atoms with E-state index in [1.165, 1.54) is 11.8 Å². The summed E-state index contributed by atoms with van der Waals surface area (Å²) in [6, 6.07) is 0.415. The van der Waals surface area contributed by atoms with Crippen LogP contribution in [0.2, 0.25) is 0 Å². The van der Waals surface area contributed by atoms with Crippen molar-refractivity contribution >= 4 is 11.8 Å². The molecule has 2 atom stereocenters. The van der Waals surface area contributed by atoms with Gasteiger partial charge in [-0.1, -0.05) is 0 Å². The molecular weight excluding hydrogens is 454 g/mol. The summed E-state index contributed by atoms with van der Waals surface area (Å²) in [5.41, 5.74) is -3.08. The fourth-order valence-corrected chi connectivity index (χ4v) is 3.69. The zero-order chi connectivity index (χ0) is 24.8. The van der Waals surface area contributed by atoms with Crippen LogP contribution in [0.5, 0.6) is 0 Å². The van der Waals surface area contributed by atoms with E-state index in [4.69, 9.17) is 0 Å². The number of halogens is 6. The lowest BCUT2D eigenvalue weighted by atomic mass is 10.0. The van der Waals surface area contributed by atoms with Crippen LogP contribution in [0, 0.1) is 0 Å². The highest BCUT2D eigenvalue weighted by atomic mass is 19.4. The number of benzene rings is 1. The molecule has 1 fully saturated rings. The quantitative estimate of drug-likeness (QED) is 0.394. The number of rotatable bonds is 8. The molecule has 2 rings (SSSR count). The summed E-state index contributed by atoms with van der Waals surface area (Å²) in [7, 11) is 1.75. The second-order valence-electron chi connectivity index (χ2n) is 8.06. The summed E-state index contributed by atoms with van der Waals surface area (Å²) >= 11 is 0. The van der Waals surface area contributed by atoms with Gasteiger partial charge in [-0.2, -0.15) is 26.3 Å². The van der Waals surface area contributed by atoms with Gasteiger partial charge in [0, 0.05) is 32.6 Å². The zero-order valence-corrected chi connectivity index (χ0v) is 18.4. The first-order chi connectivity index (χ1) is 15.3. The van der Waals surface area contributed by atoms with Crippen LogP contribution in [0.25, 0.3) is 0 Å². The Hall–Kier alpha value is -2.34. The average Bonchev–Trinajstić information content (AvgIpc) is 2.85. The Morgan fingerprint density at radius 3 is 2.24 bits per heavy atom. The maximum absolute atomic E-state index is 13.2. The molecule has 3 N–H and O–H groups in total. The standard InChI is InChI=1S/C21H28F6N4O2/c1-13(32)29-11-17-5-7-31(19(33)18(30-17)4-3-6-28-2)12-14-8-15(20(22,23)24)10-16(9-14)21(25,26)27/h8-10,17-18,28,30H,3-7,11-12H2,1-2H3,(H,29,32). The maximum atomic E-state index is 13.2. The highest BCUT2D eigenvalue weighted by Gasteiger charge is 2.37. The lowest BCUT2D eigenvalue weighted by Gasteiger charge is -2.25. The van der Waals surface area contributed by atoms with Gasteiger partial charge in [-0.25, -0.2) is 0 Å². The highest BCUT2D eigenvalue weighted by Crippen LogP contribution is 2.36. The molecule has 0 aliphatic carbocycles. The third-order valence-corrected chi connectivity index (χ3v) is 5.33. The van der Waals surface area contributed by atoms with Crippen molar-refractivity contribution in [2.24, 2.45) is 0 Å². The van der Waals surface area contributed by atoms with E-state index in [2.05, 4.69) is 16.0 Å². The summed E-state index contributed by atoms with van der Waals surface area (Å²) in [5, 5.41) is 8.80. The van der Waals surface area contributed by atoms with Gasteiger partial charge < -0.3 is 20.9 Å². The number of amides is 2. The van der Waals surface area contributed by atoms with Crippen LogP contribution in [-0.4, -0.2) is 55.5 Å². The van der Waals surface area contributed by atoms with Crippen molar-refractivity contribution in [1.29, 1.82) is 0 Å². The summed E-state index contributed by atoms with van der Waals surface area (Å²) < 4.78 is 79.2. The Bertz CT molecular complexity index is 796. The van der Waals surface area contributed by atoms with Gasteiger partial charge in [0.2, 0.25) is 11.8 Å². The fourth-order valence-electron chi connectivity index (χ4n) is 3.69. The van der Waals surface area contributed by atoms with E-state index >= 15 is 0 Å². The minimum absolute atomic E-state index is 0.0688. The number of hydrogen-bond acceptors (Lipinski definition) is 4. The normalized spacial score (nSPS) is 20.0. The van der Waals surface area contributed by atoms with E-state index in [1.807, 2.05) is 0 Å². The topological polar surface area (TPSA) is 73.5 Å². The molecule has 1 aromatic rings. The summed E-state index contributed by atoms with van der Waals surface area (Å²) in [5.74, 6) is -0.651. The zero-order valence-electron chi connectivity index (χ0n) is 18.4. The molecule has 6 nitrogen and oxygen atoms in total. The Balaban J connectivity index is 2.30. The average molecular weight is 482 g/mol. The Morgan fingerprint density at radius 2 is 1.73 bits per heavy atom. The van der Waals surface area contributed by atoms with Gasteiger partial charge >= 0.3 is 12.4 Å². The monoisotopic (exact) mass is 482 g/mol. The van der Waals surface area contributed by atoms with Crippen LogP contribution in [0.3, 0.4) is 0 Å². The van der Waals surface area contributed by atoms with Gasteiger partial charge in [-0.15, -0.1) is 0 Å². The van der Waals surface area contributed by atoms with Crippen molar-refractivity contribution in [2.75, 3.05) is 26.7 Å². The molecule has 186 valence electrons. The summed E-state index contributed by atoms with van der Waals surface area (Å²) in [6.07, 6.45) is -8.50. The van der Waals surface area contributed by atoms with Crippen LogP contribution in [0.1, 0.15) is 42.9 Å². The smallest absolute Gasteiger partial charge is 0.355 e. The van der Waals surface area contributed by atoms with Crippen LogP contribution < -0.4 is 16.0 Å². The molecule has 33 heavy (non-hydrogen) atoms. The van der Waals surface area contributed by atoms with E-state index in [0.29, 0.717) is 37.9 Å². The molecule has 2 unspecified atom stereocenters. The molecule has 1 aliphatic heterocycles. The first kappa shape index (κ1) is 26.9. The maximum Gasteiger partial charge on any atom is 0.416 e. The lowest BCUT2D eigenvalue weighted by Crippen LogP contribution is -2.48. The van der Waals surface area contributed by atoms with Crippen LogP contribution in [-0.2, 0) is 28.5 Å². The van der Waals surface area contributed by atoms with Gasteiger partial charge in [-0.3, -0.25) is 9.59 Å². The molecule has 1 saturated heterocycles. The minimum Gasteiger partial charge on any atom is -0.355 e. The second kappa shape index (κ2) is 11.2. The third kappa shape index (κ3) is 8.18. The number of carbonyl (C=O) groups is 2. The highest BCUT2D eigenvalue weighted by molar-refractivity contribution is 5.82. The molecule has 1 heterocycles. The second-order valence-corrected chi connectivity index (χ2v) is 8.06. The number of carbonyl (C=O) groups excluding carboxylic acids is 2. The van der Waals surface area contributed by atoms with Crippen molar-refractivity contribution in [3.8, 4) is 0 Å². The van der Waals surface area contributed by atoms with Gasteiger partial charge in [0.1, 0.15) is 0 Å². The van der Waals surface area contributed by atoms with Crippen molar-refractivity contribution in [3.63, 3.8) is 0 Å². The summed E-state index contributed by atoms with van der Waals surface area (Å²) in [6.45, 7) is 1.97. The van der Waals surface area contributed by atoms with Gasteiger partial charge in [0.15, 0.2) is 0 Å². The number of hydrogen-bond donors (Lipinski definition) is 3. The van der Waals surface area contributed by atoms with Crippen LogP contribution in [0.15, 0.2) is 18.2 Å². The lowest BCUT2D eigenvalue weighted by molar-refractivity contribution is -0.143. The van der Waals surface area contributed by atoms with E-state index in [-0.39, 0.29) is 43.2 Å². The SMILES string of the molecule is CNCCCC1NC(CNC(C)=O)CCN(Cc2cc(C(F)(F)F)cc(C(F)(F)F)c2)C1=O. The van der Waals surface area contributed by atoms with E-state index in [9.17, 15) is 35.9 Å². The predicted octanol–water partition coefficient (Wildman–Crippen LogP) is 2.92. The van der Waals surface area contributed by atoms with Gasteiger partial charge in [-0.05, 0) is 56.6 Å². The van der Waals surface area contributed by atoms with Crippen molar-refractivity contribution in [1.82, 2.24) is 20.9 Å². The predicted molar refractivity (Wildman–Crippen MR) is 109 cm³/mol. The van der Waals surface area contributed by atoms with Crippen LogP contribution in [0.4, 0.5) is 26.3 Å². The van der Waals surface area contributed by atoms with E-state index in [1.54, 1.807) is 7.05 Å². The molecule has 0 spiro atoms. The van der Waals surface area contributed by atoms with E-state index in [0.717, 1.165) is 0 Å². The Labute approximate surface area is 188 Å². The number of alkyl halides is 6. The van der Waals surface area contributed by atoms with Crippen LogP contribution >= 0.6 is 0 Å². The number of nitrogens with zero attached hydrogens (tertiary/aromatic N) is 1. The number of nitrogens with one attached hydrogen (secondary N) is 3. The van der Waals surface area contributed by atoms with Crippen molar-refractivity contribution < 1.29 is 35.9 Å². The molecule has 2 amide bonds. The first-order valence-corrected chi connectivity index (χ1v) is 10.5. The van der Waals surface area contributed by atoms with Gasteiger partial charge in [0.25, 0.3) is 0 Å². The van der Waals surface area contributed by atoms with Gasteiger partial charge in [0.05, 0.1) is 17.2 Å². The molecule has 0 radical (unpaired) electrons. The fraction of sp³-hybridized carbons (Fsp3) is 0.619. The largest absolute Gasteiger partial charge is 0.416 e. The molecule has 12 heteroatoms. The molecule has 0 saturated carbocycles. The molecule has 1 aromatic carbocycles. The Morgan fingerprint density at radius 1 is 1.12 bits per heavy atom. The molecule has 1 aliphatic rings. The third-order valence-electron chi connectivity index (χ3n) is 5.33. The molecule has 0 aromatic heterocycles. The first-order valence-electron chi connectivity index (χ1n) is 10.5. The minimum atomic E-state index is -4.96.